The average molecular weight is 435 g/mol. The summed E-state index contributed by atoms with van der Waals surface area (Å²) in [7, 11) is 0. The second kappa shape index (κ2) is 8.78. The molecule has 0 saturated carbocycles. The molecular weight excluding hydrogens is 416 g/mol. The Morgan fingerprint density at radius 3 is 2.23 bits per heavy atom. The van der Waals surface area contributed by atoms with E-state index in [0.717, 1.165) is 33.8 Å². The van der Waals surface area contributed by atoms with Crippen molar-refractivity contribution in [3.63, 3.8) is 0 Å². The predicted octanol–water partition coefficient (Wildman–Crippen LogP) is 6.34. The quantitative estimate of drug-likeness (QED) is 0.359. The second-order valence-electron chi connectivity index (χ2n) is 6.77. The monoisotopic (exact) mass is 434 g/mol. The van der Waals surface area contributed by atoms with E-state index in [1.807, 2.05) is 90.4 Å². The number of rotatable bonds is 6. The van der Waals surface area contributed by atoms with Gasteiger partial charge >= 0.3 is 5.97 Å². The zero-order chi connectivity index (χ0) is 21.1. The number of imidazole rings is 1. The van der Waals surface area contributed by atoms with Crippen LogP contribution in [0.4, 0.5) is 0 Å². The lowest BCUT2D eigenvalue weighted by Crippen LogP contribution is -2.03. The maximum Gasteiger partial charge on any atom is 0.313 e. The number of hydrogen-bond acceptors (Lipinski definition) is 3. The van der Waals surface area contributed by atoms with Crippen LogP contribution in [0.3, 0.4) is 0 Å². The van der Waals surface area contributed by atoms with Gasteiger partial charge in [-0.15, -0.1) is 0 Å². The molecule has 4 rings (SSSR count). The van der Waals surface area contributed by atoms with Gasteiger partial charge in [0.2, 0.25) is 0 Å². The Balaban J connectivity index is 2.02. The summed E-state index contributed by atoms with van der Waals surface area (Å²) in [6, 6.07) is 25.7. The van der Waals surface area contributed by atoms with E-state index in [9.17, 15) is 9.90 Å². The standard InChI is InChI=1S/C24H19ClN2O2S/c1-16-12-13-19(14-20(16)25)27-23(18-10-6-3-7-11-18)22(17-8-4-2-5-9-17)26-24(27)30-15-21(28)29/h2-14H,15H2,1H3,(H,28,29). The molecule has 1 N–H and O–H groups in total. The van der Waals surface area contributed by atoms with E-state index in [4.69, 9.17) is 16.6 Å². The molecule has 1 heterocycles. The number of nitrogens with zero attached hydrogens (tertiary/aromatic N) is 2. The molecule has 0 spiro atoms. The molecule has 4 nitrogen and oxygen atoms in total. The Bertz CT molecular complexity index is 1190. The average Bonchev–Trinajstić information content (AvgIpc) is 3.15. The van der Waals surface area contributed by atoms with Crippen molar-refractivity contribution in [1.29, 1.82) is 0 Å². The summed E-state index contributed by atoms with van der Waals surface area (Å²) in [5.41, 5.74) is 5.46. The van der Waals surface area contributed by atoms with Crippen LogP contribution >= 0.6 is 23.4 Å². The molecule has 0 amide bonds. The van der Waals surface area contributed by atoms with Crippen LogP contribution in [-0.4, -0.2) is 26.4 Å². The lowest BCUT2D eigenvalue weighted by molar-refractivity contribution is -0.133. The second-order valence-corrected chi connectivity index (χ2v) is 8.12. The van der Waals surface area contributed by atoms with E-state index < -0.39 is 5.97 Å². The fourth-order valence-corrected chi connectivity index (χ4v) is 4.15. The van der Waals surface area contributed by atoms with Gasteiger partial charge < -0.3 is 5.11 Å². The number of aryl methyl sites for hydroxylation is 1. The largest absolute Gasteiger partial charge is 0.481 e. The molecule has 0 bridgehead atoms. The number of carboxylic acids is 1. The van der Waals surface area contributed by atoms with Gasteiger partial charge in [-0.2, -0.15) is 0 Å². The zero-order valence-corrected chi connectivity index (χ0v) is 17.8. The highest BCUT2D eigenvalue weighted by Crippen LogP contribution is 2.38. The van der Waals surface area contributed by atoms with E-state index in [1.165, 1.54) is 11.8 Å². The van der Waals surface area contributed by atoms with Crippen molar-refractivity contribution in [3.8, 4) is 28.2 Å². The highest BCUT2D eigenvalue weighted by molar-refractivity contribution is 7.99. The van der Waals surface area contributed by atoms with E-state index in [0.29, 0.717) is 10.2 Å². The number of hydrogen-bond donors (Lipinski definition) is 1. The minimum absolute atomic E-state index is 0.0843. The first-order valence-corrected chi connectivity index (χ1v) is 10.8. The van der Waals surface area contributed by atoms with Crippen LogP contribution in [0.25, 0.3) is 28.2 Å². The van der Waals surface area contributed by atoms with E-state index in [2.05, 4.69) is 0 Å². The number of aromatic nitrogens is 2. The van der Waals surface area contributed by atoms with E-state index >= 15 is 0 Å². The van der Waals surface area contributed by atoms with Gasteiger partial charge in [-0.05, 0) is 24.6 Å². The van der Waals surface area contributed by atoms with Crippen LogP contribution in [0.15, 0.2) is 84.0 Å². The first kappa shape index (κ1) is 20.3. The van der Waals surface area contributed by atoms with E-state index in [1.54, 1.807) is 0 Å². The zero-order valence-electron chi connectivity index (χ0n) is 16.2. The molecule has 0 fully saturated rings. The molecule has 6 heteroatoms. The molecule has 0 aliphatic carbocycles. The molecule has 30 heavy (non-hydrogen) atoms. The van der Waals surface area contributed by atoms with Crippen molar-refractivity contribution in [2.24, 2.45) is 0 Å². The van der Waals surface area contributed by atoms with Gasteiger partial charge in [0.15, 0.2) is 5.16 Å². The number of aliphatic carboxylic acids is 1. The lowest BCUT2D eigenvalue weighted by Gasteiger charge is -2.14. The molecule has 1 aromatic heterocycles. The molecule has 0 unspecified atom stereocenters. The van der Waals surface area contributed by atoms with Crippen LogP contribution in [0.5, 0.6) is 0 Å². The molecule has 4 aromatic rings. The van der Waals surface area contributed by atoms with Crippen molar-refractivity contribution in [2.75, 3.05) is 5.75 Å². The molecule has 0 atom stereocenters. The van der Waals surface area contributed by atoms with Gasteiger partial charge in [0, 0.05) is 21.8 Å². The summed E-state index contributed by atoms with van der Waals surface area (Å²) in [6.07, 6.45) is 0. The van der Waals surface area contributed by atoms with Crippen LogP contribution in [-0.2, 0) is 4.79 Å². The Labute approximate surface area is 184 Å². The minimum atomic E-state index is -0.890. The molecule has 0 saturated heterocycles. The smallest absolute Gasteiger partial charge is 0.313 e. The van der Waals surface area contributed by atoms with Crippen LogP contribution in [0, 0.1) is 6.92 Å². The third kappa shape index (κ3) is 4.13. The summed E-state index contributed by atoms with van der Waals surface area (Å²) in [4.78, 5) is 16.1. The first-order valence-electron chi connectivity index (χ1n) is 9.39. The normalized spacial score (nSPS) is 10.9. The third-order valence-electron chi connectivity index (χ3n) is 4.68. The Morgan fingerprint density at radius 2 is 1.63 bits per heavy atom. The molecule has 150 valence electrons. The van der Waals surface area contributed by atoms with Gasteiger partial charge in [0.25, 0.3) is 0 Å². The number of benzene rings is 3. The molecule has 0 aliphatic heterocycles. The Morgan fingerprint density at radius 1 is 1.00 bits per heavy atom. The van der Waals surface area contributed by atoms with Crippen molar-refractivity contribution in [2.45, 2.75) is 12.1 Å². The fraction of sp³-hybridized carbons (Fsp3) is 0.0833. The summed E-state index contributed by atoms with van der Waals surface area (Å²) in [5.74, 6) is -0.974. The van der Waals surface area contributed by atoms with Crippen LogP contribution < -0.4 is 0 Å². The molecule has 0 radical (unpaired) electrons. The Hall–Kier alpha value is -3.02. The maximum absolute atomic E-state index is 11.3. The first-order chi connectivity index (χ1) is 14.5. The van der Waals surface area contributed by atoms with Gasteiger partial charge in [-0.25, -0.2) is 4.98 Å². The number of thioether (sulfide) groups is 1. The summed E-state index contributed by atoms with van der Waals surface area (Å²) >= 11 is 7.62. The minimum Gasteiger partial charge on any atom is -0.481 e. The summed E-state index contributed by atoms with van der Waals surface area (Å²) < 4.78 is 2.00. The van der Waals surface area contributed by atoms with Crippen LogP contribution in [0.1, 0.15) is 5.56 Å². The lowest BCUT2D eigenvalue weighted by atomic mass is 10.0. The van der Waals surface area contributed by atoms with Crippen molar-refractivity contribution >= 4 is 29.3 Å². The van der Waals surface area contributed by atoms with Gasteiger partial charge in [0.1, 0.15) is 0 Å². The summed E-state index contributed by atoms with van der Waals surface area (Å²) in [6.45, 7) is 1.95. The SMILES string of the molecule is Cc1ccc(-n2c(SCC(=O)O)nc(-c3ccccc3)c2-c2ccccc2)cc1Cl. The number of halogens is 1. The topological polar surface area (TPSA) is 55.1 Å². The van der Waals surface area contributed by atoms with Crippen LogP contribution in [0.2, 0.25) is 5.02 Å². The van der Waals surface area contributed by atoms with Crippen molar-refractivity contribution < 1.29 is 9.90 Å². The maximum atomic E-state index is 11.3. The van der Waals surface area contributed by atoms with Gasteiger partial charge in [-0.1, -0.05) is 90.1 Å². The highest BCUT2D eigenvalue weighted by Gasteiger charge is 2.22. The van der Waals surface area contributed by atoms with Crippen molar-refractivity contribution in [1.82, 2.24) is 9.55 Å². The number of carbonyl (C=O) groups is 1. The summed E-state index contributed by atoms with van der Waals surface area (Å²) in [5, 5.41) is 10.5. The highest BCUT2D eigenvalue weighted by atomic mass is 35.5. The third-order valence-corrected chi connectivity index (χ3v) is 6.01. The predicted molar refractivity (Wildman–Crippen MR) is 123 cm³/mol. The van der Waals surface area contributed by atoms with E-state index in [-0.39, 0.29) is 5.75 Å². The van der Waals surface area contributed by atoms with Gasteiger partial charge in [0.05, 0.1) is 17.1 Å². The Kier molecular flexibility index (Phi) is 5.93. The number of carboxylic acid groups (broad SMARTS) is 1. The molecule has 3 aromatic carbocycles. The molecular formula is C24H19ClN2O2S. The fourth-order valence-electron chi connectivity index (χ4n) is 3.24. The molecule has 0 aliphatic rings. The van der Waals surface area contributed by atoms with Crippen molar-refractivity contribution in [3.05, 3.63) is 89.4 Å². The van der Waals surface area contributed by atoms with Gasteiger partial charge in [-0.3, -0.25) is 9.36 Å².